The molecule has 5 nitrogen and oxygen atoms in total. The van der Waals surface area contributed by atoms with Crippen LogP contribution in [0.15, 0.2) is 22.9 Å². The minimum Gasteiger partial charge on any atom is -0.452 e. The van der Waals surface area contributed by atoms with Crippen LogP contribution in [-0.4, -0.2) is 33.9 Å². The van der Waals surface area contributed by atoms with Gasteiger partial charge in [0.2, 0.25) is 5.22 Å². The summed E-state index contributed by atoms with van der Waals surface area (Å²) in [6, 6.07) is 1.48. The molecule has 0 aliphatic carbocycles. The van der Waals surface area contributed by atoms with E-state index in [0.29, 0.717) is 19.4 Å². The van der Waals surface area contributed by atoms with Crippen LogP contribution >= 0.6 is 11.6 Å². The Bertz CT molecular complexity index is 710. The minimum atomic E-state index is -4.46. The molecule has 1 unspecified atom stereocenters. The lowest BCUT2D eigenvalue weighted by atomic mass is 9.97. The van der Waals surface area contributed by atoms with E-state index in [1.807, 2.05) is 0 Å². The van der Waals surface area contributed by atoms with E-state index in [1.54, 1.807) is 4.90 Å². The van der Waals surface area contributed by atoms with Crippen molar-refractivity contribution >= 4 is 17.5 Å². The van der Waals surface area contributed by atoms with Gasteiger partial charge in [0.05, 0.1) is 18.0 Å². The van der Waals surface area contributed by atoms with Gasteiger partial charge in [-0.2, -0.15) is 13.2 Å². The van der Waals surface area contributed by atoms with Gasteiger partial charge in [0, 0.05) is 19.0 Å². The Hall–Kier alpha value is -1.96. The first kappa shape index (κ1) is 15.9. The zero-order chi connectivity index (χ0) is 16.6. The first-order valence-corrected chi connectivity index (χ1v) is 7.38. The maximum absolute atomic E-state index is 12.6. The van der Waals surface area contributed by atoms with Crippen molar-refractivity contribution in [3.05, 3.63) is 40.8 Å². The molecule has 1 amide bonds. The van der Waals surface area contributed by atoms with Gasteiger partial charge in [-0.05, 0) is 30.5 Å². The topological polar surface area (TPSA) is 62.1 Å². The summed E-state index contributed by atoms with van der Waals surface area (Å²) in [6.45, 7) is 0.800. The molecule has 1 aliphatic rings. The molecular formula is C14H13ClF3N3O2. The van der Waals surface area contributed by atoms with Crippen LogP contribution in [0, 0.1) is 0 Å². The third-order valence-electron chi connectivity index (χ3n) is 3.84. The van der Waals surface area contributed by atoms with E-state index in [4.69, 9.17) is 16.0 Å². The molecule has 2 aromatic rings. The third kappa shape index (κ3) is 3.21. The number of carbonyl (C=O) groups excluding carboxylic acids is 1. The molecule has 1 atom stereocenters. The normalized spacial score (nSPS) is 19.1. The largest absolute Gasteiger partial charge is 0.452 e. The molecule has 0 spiro atoms. The lowest BCUT2D eigenvalue weighted by Gasteiger charge is -2.31. The van der Waals surface area contributed by atoms with Crippen LogP contribution in [0.2, 0.25) is 5.22 Å². The number of likely N-dealkylation sites (tertiary alicyclic amines) is 1. The number of hydrogen-bond donors (Lipinski definition) is 1. The number of rotatable bonds is 2. The second kappa shape index (κ2) is 5.92. The molecule has 1 fully saturated rings. The van der Waals surface area contributed by atoms with Crippen LogP contribution in [0.3, 0.4) is 0 Å². The van der Waals surface area contributed by atoms with Gasteiger partial charge in [0.15, 0.2) is 0 Å². The van der Waals surface area contributed by atoms with Gasteiger partial charge in [0.25, 0.3) is 5.91 Å². The summed E-state index contributed by atoms with van der Waals surface area (Å²) in [5, 5.41) is 0.00878. The van der Waals surface area contributed by atoms with Crippen molar-refractivity contribution in [2.75, 3.05) is 13.1 Å². The van der Waals surface area contributed by atoms with Crippen LogP contribution in [0.5, 0.6) is 0 Å². The van der Waals surface area contributed by atoms with Gasteiger partial charge in [-0.3, -0.25) is 4.79 Å². The summed E-state index contributed by atoms with van der Waals surface area (Å²) in [5.74, 6) is -0.321. The Labute approximate surface area is 134 Å². The first-order chi connectivity index (χ1) is 10.9. The van der Waals surface area contributed by atoms with Crippen LogP contribution < -0.4 is 0 Å². The Balaban J connectivity index is 1.75. The Morgan fingerprint density at radius 2 is 2.26 bits per heavy atom. The number of halogens is 4. The van der Waals surface area contributed by atoms with E-state index in [9.17, 15) is 18.0 Å². The molecule has 3 heterocycles. The van der Waals surface area contributed by atoms with E-state index in [0.717, 1.165) is 6.20 Å². The minimum absolute atomic E-state index is 0.00878. The molecule has 3 rings (SSSR count). The van der Waals surface area contributed by atoms with Gasteiger partial charge < -0.3 is 14.3 Å². The van der Waals surface area contributed by atoms with Crippen LogP contribution in [0.1, 0.15) is 40.6 Å². The number of nitrogens with zero attached hydrogens (tertiary/aromatic N) is 2. The smallest absolute Gasteiger partial charge is 0.432 e. The fourth-order valence-electron chi connectivity index (χ4n) is 2.69. The lowest BCUT2D eigenvalue weighted by Crippen LogP contribution is -2.39. The SMILES string of the molecule is O=C(c1ccoc1Cl)N1CCCC(c2ncc(C(F)(F)F)[nH]2)C1. The van der Waals surface area contributed by atoms with Crippen molar-refractivity contribution in [1.82, 2.24) is 14.9 Å². The van der Waals surface area contributed by atoms with Crippen molar-refractivity contribution in [2.45, 2.75) is 24.9 Å². The standard InChI is InChI=1S/C14H13ClF3N3O2/c15-11-9(3-5-23-11)13(22)21-4-1-2-8(7-21)12-19-6-10(20-12)14(16,17)18/h3,5-6,8H,1-2,4,7H2,(H,19,20). The Kier molecular flexibility index (Phi) is 4.09. The van der Waals surface area contributed by atoms with Gasteiger partial charge in [0.1, 0.15) is 11.5 Å². The summed E-state index contributed by atoms with van der Waals surface area (Å²) in [6.07, 6.45) is -1.02. The maximum Gasteiger partial charge on any atom is 0.432 e. The number of alkyl halides is 3. The van der Waals surface area contributed by atoms with Crippen molar-refractivity contribution in [2.24, 2.45) is 0 Å². The van der Waals surface area contributed by atoms with Crippen molar-refractivity contribution in [1.29, 1.82) is 0 Å². The van der Waals surface area contributed by atoms with E-state index in [2.05, 4.69) is 9.97 Å². The number of piperidine rings is 1. The van der Waals surface area contributed by atoms with Gasteiger partial charge >= 0.3 is 6.18 Å². The summed E-state index contributed by atoms with van der Waals surface area (Å²) in [7, 11) is 0. The average molecular weight is 348 g/mol. The monoisotopic (exact) mass is 347 g/mol. The molecule has 1 N–H and O–H groups in total. The quantitative estimate of drug-likeness (QED) is 0.901. The number of carbonyl (C=O) groups is 1. The van der Waals surface area contributed by atoms with E-state index < -0.39 is 11.9 Å². The number of H-pyrrole nitrogens is 1. The highest BCUT2D eigenvalue weighted by molar-refractivity contribution is 6.32. The number of nitrogens with one attached hydrogen (secondary N) is 1. The van der Waals surface area contributed by atoms with E-state index in [1.165, 1.54) is 12.3 Å². The predicted molar refractivity (Wildman–Crippen MR) is 75.2 cm³/mol. The summed E-state index contributed by atoms with van der Waals surface area (Å²) < 4.78 is 42.8. The molecule has 0 aromatic carbocycles. The molecular weight excluding hydrogens is 335 g/mol. The highest BCUT2D eigenvalue weighted by Crippen LogP contribution is 2.31. The fraction of sp³-hybridized carbons (Fsp3) is 0.429. The molecule has 9 heteroatoms. The molecule has 23 heavy (non-hydrogen) atoms. The number of aromatic amines is 1. The highest BCUT2D eigenvalue weighted by atomic mass is 35.5. The van der Waals surface area contributed by atoms with Crippen molar-refractivity contribution < 1.29 is 22.4 Å². The zero-order valence-electron chi connectivity index (χ0n) is 11.9. The number of imidazole rings is 1. The number of hydrogen-bond acceptors (Lipinski definition) is 3. The predicted octanol–water partition coefficient (Wildman–Crippen LogP) is 3.69. The third-order valence-corrected chi connectivity index (χ3v) is 4.14. The first-order valence-electron chi connectivity index (χ1n) is 7.00. The molecule has 124 valence electrons. The Morgan fingerprint density at radius 3 is 2.87 bits per heavy atom. The van der Waals surface area contributed by atoms with Crippen LogP contribution in [0.4, 0.5) is 13.2 Å². The molecule has 0 radical (unpaired) electrons. The maximum atomic E-state index is 12.6. The van der Waals surface area contributed by atoms with Crippen molar-refractivity contribution in [3.63, 3.8) is 0 Å². The van der Waals surface area contributed by atoms with Gasteiger partial charge in [-0.25, -0.2) is 4.98 Å². The van der Waals surface area contributed by atoms with Crippen LogP contribution in [-0.2, 0) is 6.18 Å². The molecule has 2 aromatic heterocycles. The summed E-state index contributed by atoms with van der Waals surface area (Å²) >= 11 is 5.80. The lowest BCUT2D eigenvalue weighted by molar-refractivity contribution is -0.141. The van der Waals surface area contributed by atoms with Crippen molar-refractivity contribution in [3.8, 4) is 0 Å². The molecule has 0 bridgehead atoms. The second-order valence-electron chi connectivity index (χ2n) is 5.38. The molecule has 1 saturated heterocycles. The van der Waals surface area contributed by atoms with Crippen LogP contribution in [0.25, 0.3) is 0 Å². The summed E-state index contributed by atoms with van der Waals surface area (Å²) in [4.78, 5) is 20.1. The molecule has 0 saturated carbocycles. The van der Waals surface area contributed by atoms with Gasteiger partial charge in [-0.15, -0.1) is 0 Å². The van der Waals surface area contributed by atoms with E-state index in [-0.39, 0.29) is 35.0 Å². The Morgan fingerprint density at radius 1 is 1.48 bits per heavy atom. The molecule has 1 aliphatic heterocycles. The average Bonchev–Trinajstić information content (AvgIpc) is 3.15. The van der Waals surface area contributed by atoms with E-state index >= 15 is 0 Å². The number of amides is 1. The van der Waals surface area contributed by atoms with Gasteiger partial charge in [-0.1, -0.05) is 0 Å². The number of aromatic nitrogens is 2. The number of furan rings is 1. The fourth-order valence-corrected chi connectivity index (χ4v) is 2.88. The summed E-state index contributed by atoms with van der Waals surface area (Å²) in [5.41, 5.74) is -0.628. The zero-order valence-corrected chi connectivity index (χ0v) is 12.6. The second-order valence-corrected chi connectivity index (χ2v) is 5.72. The highest BCUT2D eigenvalue weighted by Gasteiger charge is 2.35.